The van der Waals surface area contributed by atoms with Gasteiger partial charge in [0.2, 0.25) is 11.8 Å². The van der Waals surface area contributed by atoms with Crippen LogP contribution in [0.2, 0.25) is 0 Å². The molecule has 35 heavy (non-hydrogen) atoms. The Bertz CT molecular complexity index is 977. The van der Waals surface area contributed by atoms with Crippen molar-refractivity contribution in [3.63, 3.8) is 0 Å². The maximum absolute atomic E-state index is 13.5. The standard InChI is InChI=1S/C26H35N3O5S/c1-26(2,3)34-25(33)28-21(15-16-35-5)24(32)29(4)22(19-11-13-20(30)14-12-19)23(31)27-17-18-9-7-6-8-10-18/h6-14,21-22,30H,15-17H2,1-5H3,(H,27,31)(H,28,33). The van der Waals surface area contributed by atoms with Crippen molar-refractivity contribution in [3.8, 4) is 5.75 Å². The molecule has 0 radical (unpaired) electrons. The number of amides is 3. The number of carbonyl (C=O) groups is 3. The van der Waals surface area contributed by atoms with Crippen LogP contribution in [0, 0.1) is 0 Å². The van der Waals surface area contributed by atoms with Crippen LogP contribution in [0.15, 0.2) is 54.6 Å². The number of nitrogens with one attached hydrogen (secondary N) is 2. The molecule has 0 bridgehead atoms. The van der Waals surface area contributed by atoms with Crippen LogP contribution < -0.4 is 10.6 Å². The highest BCUT2D eigenvalue weighted by Gasteiger charge is 2.33. The van der Waals surface area contributed by atoms with Gasteiger partial charge in [0.15, 0.2) is 0 Å². The van der Waals surface area contributed by atoms with Crippen molar-refractivity contribution in [2.24, 2.45) is 0 Å². The molecule has 8 nitrogen and oxygen atoms in total. The summed E-state index contributed by atoms with van der Waals surface area (Å²) in [5, 5.41) is 15.3. The first-order chi connectivity index (χ1) is 16.5. The van der Waals surface area contributed by atoms with Crippen molar-refractivity contribution in [1.82, 2.24) is 15.5 Å². The molecule has 0 saturated carbocycles. The number of carbonyl (C=O) groups excluding carboxylic acids is 3. The van der Waals surface area contributed by atoms with Crippen molar-refractivity contribution >= 4 is 29.7 Å². The summed E-state index contributed by atoms with van der Waals surface area (Å²) >= 11 is 1.55. The van der Waals surface area contributed by atoms with Gasteiger partial charge in [-0.1, -0.05) is 42.5 Å². The smallest absolute Gasteiger partial charge is 0.408 e. The lowest BCUT2D eigenvalue weighted by atomic mass is 10.0. The summed E-state index contributed by atoms with van der Waals surface area (Å²) in [6, 6.07) is 13.7. The number of rotatable bonds is 10. The SMILES string of the molecule is CSCCC(NC(=O)OC(C)(C)C)C(=O)N(C)C(C(=O)NCc1ccccc1)c1ccc(O)cc1. The fourth-order valence-corrected chi connectivity index (χ4v) is 3.88. The first kappa shape index (κ1) is 28.0. The van der Waals surface area contributed by atoms with Gasteiger partial charge >= 0.3 is 6.09 Å². The summed E-state index contributed by atoms with van der Waals surface area (Å²) < 4.78 is 5.34. The lowest BCUT2D eigenvalue weighted by molar-refractivity contribution is -0.140. The summed E-state index contributed by atoms with van der Waals surface area (Å²) in [5.41, 5.74) is 0.739. The number of hydrogen-bond donors (Lipinski definition) is 3. The van der Waals surface area contributed by atoms with E-state index in [1.165, 1.54) is 24.1 Å². The highest BCUT2D eigenvalue weighted by molar-refractivity contribution is 7.98. The molecular weight excluding hydrogens is 466 g/mol. The van der Waals surface area contributed by atoms with Crippen LogP contribution in [-0.2, 0) is 20.9 Å². The van der Waals surface area contributed by atoms with Crippen LogP contribution in [0.4, 0.5) is 4.79 Å². The number of benzene rings is 2. The molecule has 0 aliphatic carbocycles. The molecule has 2 unspecified atom stereocenters. The van der Waals surface area contributed by atoms with E-state index in [9.17, 15) is 19.5 Å². The van der Waals surface area contributed by atoms with Crippen molar-refractivity contribution < 1.29 is 24.2 Å². The van der Waals surface area contributed by atoms with E-state index in [4.69, 9.17) is 4.74 Å². The number of likely N-dealkylation sites (N-methyl/N-ethyl adjacent to an activating group) is 1. The molecule has 2 aromatic rings. The Morgan fingerprint density at radius 1 is 1.06 bits per heavy atom. The second kappa shape index (κ2) is 13.0. The first-order valence-electron chi connectivity index (χ1n) is 11.4. The quantitative estimate of drug-likeness (QED) is 0.456. The summed E-state index contributed by atoms with van der Waals surface area (Å²) in [6.45, 7) is 5.53. The van der Waals surface area contributed by atoms with Gasteiger partial charge in [-0.15, -0.1) is 0 Å². The Hall–Kier alpha value is -3.20. The van der Waals surface area contributed by atoms with Crippen LogP contribution in [0.5, 0.6) is 5.75 Å². The Labute approximate surface area is 211 Å². The van der Waals surface area contributed by atoms with E-state index in [1.54, 1.807) is 44.7 Å². The van der Waals surface area contributed by atoms with Crippen LogP contribution in [-0.4, -0.2) is 58.6 Å². The minimum atomic E-state index is -0.968. The normalized spacial score (nSPS) is 12.8. The number of hydrogen-bond acceptors (Lipinski definition) is 6. The number of thioether (sulfide) groups is 1. The van der Waals surface area contributed by atoms with Crippen molar-refractivity contribution in [1.29, 1.82) is 0 Å². The van der Waals surface area contributed by atoms with Gasteiger partial charge in [-0.25, -0.2) is 4.79 Å². The maximum atomic E-state index is 13.5. The molecule has 0 spiro atoms. The van der Waals surface area contributed by atoms with Crippen LogP contribution in [0.1, 0.15) is 44.4 Å². The summed E-state index contributed by atoms with van der Waals surface area (Å²) in [5.74, 6) is -0.117. The highest BCUT2D eigenvalue weighted by Crippen LogP contribution is 2.24. The molecule has 0 saturated heterocycles. The molecule has 0 heterocycles. The lowest BCUT2D eigenvalue weighted by Gasteiger charge is -2.31. The van der Waals surface area contributed by atoms with Crippen molar-refractivity contribution in [2.45, 2.75) is 51.4 Å². The molecule has 3 amide bonds. The van der Waals surface area contributed by atoms with Gasteiger partial charge in [-0.2, -0.15) is 11.8 Å². The van der Waals surface area contributed by atoms with Gasteiger partial charge in [-0.05, 0) is 62.5 Å². The molecule has 2 aromatic carbocycles. The Balaban J connectivity index is 2.27. The average Bonchev–Trinajstić information content (AvgIpc) is 2.80. The maximum Gasteiger partial charge on any atom is 0.408 e. The van der Waals surface area contributed by atoms with Gasteiger partial charge in [0.05, 0.1) is 0 Å². The number of aromatic hydroxyl groups is 1. The Morgan fingerprint density at radius 2 is 1.69 bits per heavy atom. The van der Waals surface area contributed by atoms with Crippen LogP contribution in [0.25, 0.3) is 0 Å². The zero-order chi connectivity index (χ0) is 26.0. The molecule has 2 rings (SSSR count). The second-order valence-corrected chi connectivity index (χ2v) is 10.1. The fourth-order valence-electron chi connectivity index (χ4n) is 3.41. The zero-order valence-electron chi connectivity index (χ0n) is 20.9. The summed E-state index contributed by atoms with van der Waals surface area (Å²) in [7, 11) is 1.53. The van der Waals surface area contributed by atoms with E-state index in [-0.39, 0.29) is 11.7 Å². The van der Waals surface area contributed by atoms with Gasteiger partial charge in [0.1, 0.15) is 23.4 Å². The zero-order valence-corrected chi connectivity index (χ0v) is 21.7. The Kier molecular flexibility index (Phi) is 10.4. The van der Waals surface area contributed by atoms with E-state index < -0.39 is 29.7 Å². The van der Waals surface area contributed by atoms with Gasteiger partial charge in [0.25, 0.3) is 0 Å². The Morgan fingerprint density at radius 3 is 2.26 bits per heavy atom. The number of ether oxygens (including phenoxy) is 1. The fraction of sp³-hybridized carbons (Fsp3) is 0.423. The molecule has 0 fully saturated rings. The van der Waals surface area contributed by atoms with Gasteiger partial charge in [0, 0.05) is 13.6 Å². The minimum absolute atomic E-state index is 0.0515. The number of nitrogens with zero attached hydrogens (tertiary/aromatic N) is 1. The molecule has 0 aliphatic heterocycles. The average molecular weight is 502 g/mol. The number of alkyl carbamates (subject to hydrolysis) is 1. The number of phenols is 1. The first-order valence-corrected chi connectivity index (χ1v) is 12.8. The second-order valence-electron chi connectivity index (χ2n) is 9.13. The van der Waals surface area contributed by atoms with Crippen LogP contribution in [0.3, 0.4) is 0 Å². The molecule has 0 aliphatic rings. The minimum Gasteiger partial charge on any atom is -0.508 e. The third-order valence-corrected chi connectivity index (χ3v) is 5.75. The van der Waals surface area contributed by atoms with Crippen molar-refractivity contribution in [3.05, 3.63) is 65.7 Å². The van der Waals surface area contributed by atoms with Gasteiger partial charge < -0.3 is 25.4 Å². The molecule has 9 heteroatoms. The highest BCUT2D eigenvalue weighted by atomic mass is 32.2. The van der Waals surface area contributed by atoms with E-state index in [0.717, 1.165) is 5.56 Å². The third-order valence-electron chi connectivity index (χ3n) is 5.10. The van der Waals surface area contributed by atoms with Crippen LogP contribution >= 0.6 is 11.8 Å². The molecular formula is C26H35N3O5S. The third kappa shape index (κ3) is 9.16. The van der Waals surface area contributed by atoms with E-state index in [2.05, 4.69) is 10.6 Å². The topological polar surface area (TPSA) is 108 Å². The molecule has 0 aromatic heterocycles. The molecule has 2 atom stereocenters. The largest absolute Gasteiger partial charge is 0.508 e. The van der Waals surface area contributed by atoms with E-state index >= 15 is 0 Å². The predicted molar refractivity (Wildman–Crippen MR) is 138 cm³/mol. The van der Waals surface area contributed by atoms with E-state index in [0.29, 0.717) is 24.3 Å². The van der Waals surface area contributed by atoms with Crippen molar-refractivity contribution in [2.75, 3.05) is 19.1 Å². The number of phenolic OH excluding ortho intramolecular Hbond substituents is 1. The summed E-state index contributed by atoms with van der Waals surface area (Å²) in [4.78, 5) is 40.6. The van der Waals surface area contributed by atoms with E-state index in [1.807, 2.05) is 36.6 Å². The molecule has 3 N–H and O–H groups in total. The monoisotopic (exact) mass is 501 g/mol. The predicted octanol–water partition coefficient (Wildman–Crippen LogP) is 3.85. The lowest BCUT2D eigenvalue weighted by Crippen LogP contribution is -2.51. The van der Waals surface area contributed by atoms with Gasteiger partial charge in [-0.3, -0.25) is 9.59 Å². The molecule has 190 valence electrons. The summed E-state index contributed by atoms with van der Waals surface area (Å²) in [6.07, 6.45) is 1.59.